The van der Waals surface area contributed by atoms with Gasteiger partial charge in [-0.3, -0.25) is 0 Å². The predicted molar refractivity (Wildman–Crippen MR) is 219 cm³/mol. The van der Waals surface area contributed by atoms with Crippen molar-refractivity contribution < 1.29 is 0 Å². The second kappa shape index (κ2) is 13.3. The van der Waals surface area contributed by atoms with Gasteiger partial charge in [0.05, 0.1) is 0 Å². The van der Waals surface area contributed by atoms with Crippen molar-refractivity contribution in [3.63, 3.8) is 0 Å². The van der Waals surface area contributed by atoms with Crippen LogP contribution in [0.15, 0.2) is 0 Å². The van der Waals surface area contributed by atoms with Crippen LogP contribution >= 0.6 is 0 Å². The minimum Gasteiger partial charge on any atom is -0.0649 e. The van der Waals surface area contributed by atoms with E-state index in [1.807, 2.05) is 0 Å². The summed E-state index contributed by atoms with van der Waals surface area (Å²) in [6.45, 7) is 29.3. The highest BCUT2D eigenvalue weighted by Gasteiger charge is 2.72. The largest absolute Gasteiger partial charge is 0.0649 e. The lowest BCUT2D eigenvalue weighted by atomic mass is 9.46. The molecule has 8 saturated carbocycles. The maximum Gasteiger partial charge on any atom is -0.0230 e. The highest BCUT2D eigenvalue weighted by molar-refractivity contribution is 5.20. The standard InChI is InChI=1S/C51H88/c1-12-49(10,13-2)36-28-37(50(11,14-3)15-4)31-51(30-36)42-25-24-41-44(45(42)40-26-33-18-16-17-19-34(33)27-43(40)51)38-23-21-32-20-22-35(47(5,6)7)29-39(32)46(38)48(41,8)9/h32-46H,12-31H2,1-11H3. The van der Waals surface area contributed by atoms with Crippen LogP contribution < -0.4 is 0 Å². The van der Waals surface area contributed by atoms with Crippen molar-refractivity contribution in [3.8, 4) is 0 Å². The molecule has 0 saturated heterocycles. The third-order valence-corrected chi connectivity index (χ3v) is 22.2. The molecule has 0 aromatic rings. The van der Waals surface area contributed by atoms with Crippen molar-refractivity contribution in [2.24, 2.45) is 116 Å². The first kappa shape index (κ1) is 37.9. The predicted octanol–water partition coefficient (Wildman–Crippen LogP) is 15.3. The third kappa shape index (κ3) is 5.71. The summed E-state index contributed by atoms with van der Waals surface area (Å²) >= 11 is 0. The van der Waals surface area contributed by atoms with Crippen LogP contribution in [0.5, 0.6) is 0 Å². The average molecular weight is 701 g/mol. The summed E-state index contributed by atoms with van der Waals surface area (Å²) in [5, 5.41) is 0. The fourth-order valence-electron chi connectivity index (χ4n) is 18.6. The first-order chi connectivity index (χ1) is 24.2. The van der Waals surface area contributed by atoms with Crippen molar-refractivity contribution in [1.82, 2.24) is 0 Å². The van der Waals surface area contributed by atoms with Gasteiger partial charge in [-0.25, -0.2) is 0 Å². The van der Waals surface area contributed by atoms with E-state index < -0.39 is 0 Å². The van der Waals surface area contributed by atoms with Gasteiger partial charge in [-0.15, -0.1) is 0 Å². The molecule has 0 aromatic carbocycles. The van der Waals surface area contributed by atoms with Crippen LogP contribution in [0, 0.1) is 116 Å². The molecule has 8 aliphatic rings. The molecule has 0 radical (unpaired) electrons. The van der Waals surface area contributed by atoms with Crippen LogP contribution in [0.2, 0.25) is 0 Å². The number of fused-ring (bicyclic) bond motifs is 12. The molecule has 0 heterocycles. The van der Waals surface area contributed by atoms with Crippen LogP contribution in [-0.2, 0) is 0 Å². The quantitative estimate of drug-likeness (QED) is 0.259. The maximum absolute atomic E-state index is 2.87. The first-order valence-electron chi connectivity index (χ1n) is 24.2. The van der Waals surface area contributed by atoms with E-state index in [1.165, 1.54) is 38.5 Å². The normalized spacial score (nSPS) is 49.4. The summed E-state index contributed by atoms with van der Waals surface area (Å²) in [6.07, 6.45) is 30.9. The summed E-state index contributed by atoms with van der Waals surface area (Å²) in [7, 11) is 0. The average Bonchev–Trinajstić information content (AvgIpc) is 3.53. The van der Waals surface area contributed by atoms with E-state index in [0.717, 1.165) is 88.8 Å². The Labute approximate surface area is 319 Å². The molecule has 0 N–H and O–H groups in total. The molecule has 8 aliphatic carbocycles. The van der Waals surface area contributed by atoms with Gasteiger partial charge in [0.15, 0.2) is 0 Å². The third-order valence-electron chi connectivity index (χ3n) is 22.2. The van der Waals surface area contributed by atoms with Crippen molar-refractivity contribution in [2.75, 3.05) is 0 Å². The fourth-order valence-corrected chi connectivity index (χ4v) is 18.6. The van der Waals surface area contributed by atoms with E-state index in [1.54, 1.807) is 89.9 Å². The Morgan fingerprint density at radius 1 is 0.471 bits per heavy atom. The van der Waals surface area contributed by atoms with Crippen LogP contribution in [0.1, 0.15) is 205 Å². The van der Waals surface area contributed by atoms with Gasteiger partial charge < -0.3 is 0 Å². The topological polar surface area (TPSA) is 0 Å². The zero-order chi connectivity index (χ0) is 36.3. The van der Waals surface area contributed by atoms with Gasteiger partial charge in [0.2, 0.25) is 0 Å². The lowest BCUT2D eigenvalue weighted by molar-refractivity contribution is -0.0942. The minimum absolute atomic E-state index is 0.479. The van der Waals surface area contributed by atoms with Gasteiger partial charge in [0, 0.05) is 0 Å². The lowest BCUT2D eigenvalue weighted by Crippen LogP contribution is -2.50. The van der Waals surface area contributed by atoms with Crippen molar-refractivity contribution in [2.45, 2.75) is 205 Å². The maximum atomic E-state index is 2.87. The summed E-state index contributed by atoms with van der Waals surface area (Å²) in [6, 6.07) is 0. The van der Waals surface area contributed by atoms with Gasteiger partial charge in [0.25, 0.3) is 0 Å². The summed E-state index contributed by atoms with van der Waals surface area (Å²) in [5.41, 5.74) is 2.69. The Morgan fingerprint density at radius 3 is 1.61 bits per heavy atom. The van der Waals surface area contributed by atoms with Crippen molar-refractivity contribution in [3.05, 3.63) is 0 Å². The van der Waals surface area contributed by atoms with Gasteiger partial charge >= 0.3 is 0 Å². The van der Waals surface area contributed by atoms with Gasteiger partial charge in [-0.05, 0) is 193 Å². The second-order valence-electron chi connectivity index (χ2n) is 24.4. The molecule has 8 rings (SSSR count). The molecule has 0 heteroatoms. The number of hydrogen-bond donors (Lipinski definition) is 0. The molecule has 0 bridgehead atoms. The molecule has 15 atom stereocenters. The molecule has 1 spiro atoms. The summed E-state index contributed by atoms with van der Waals surface area (Å²) < 4.78 is 0. The van der Waals surface area contributed by atoms with E-state index in [2.05, 4.69) is 76.2 Å². The van der Waals surface area contributed by atoms with Crippen LogP contribution in [0.4, 0.5) is 0 Å². The van der Waals surface area contributed by atoms with Crippen molar-refractivity contribution >= 4 is 0 Å². The Morgan fingerprint density at radius 2 is 1.02 bits per heavy atom. The molecule has 0 aromatic heterocycles. The summed E-state index contributed by atoms with van der Waals surface area (Å²) in [4.78, 5) is 0. The van der Waals surface area contributed by atoms with E-state index in [4.69, 9.17) is 0 Å². The fraction of sp³-hybridized carbons (Fsp3) is 1.00. The number of hydrogen-bond acceptors (Lipinski definition) is 0. The van der Waals surface area contributed by atoms with Crippen LogP contribution in [0.25, 0.3) is 0 Å². The van der Waals surface area contributed by atoms with Crippen LogP contribution in [-0.4, -0.2) is 0 Å². The highest BCUT2D eigenvalue weighted by atomic mass is 14.8. The molecule has 0 nitrogen and oxygen atoms in total. The van der Waals surface area contributed by atoms with Crippen molar-refractivity contribution in [1.29, 1.82) is 0 Å². The Hall–Kier alpha value is 0. The Bertz CT molecular complexity index is 1190. The van der Waals surface area contributed by atoms with Gasteiger partial charge in [-0.2, -0.15) is 0 Å². The SMILES string of the molecule is CCC(C)(CC)C1CC(C(C)(CC)CC)CC2(C1)C1CC3CCCCC3CC1C1C3C4CCC5CCC(C(C)(C)C)CC5C4C(C)(C)C3CCC12. The highest BCUT2D eigenvalue weighted by Crippen LogP contribution is 2.79. The zero-order valence-electron chi connectivity index (χ0n) is 36.3. The molecule has 0 aliphatic heterocycles. The summed E-state index contributed by atoms with van der Waals surface area (Å²) in [5.74, 6) is 15.3. The lowest BCUT2D eigenvalue weighted by Gasteiger charge is -2.59. The Kier molecular flexibility index (Phi) is 9.89. The molecule has 51 heavy (non-hydrogen) atoms. The molecular formula is C51H88. The van der Waals surface area contributed by atoms with E-state index in [9.17, 15) is 0 Å². The molecule has 8 fully saturated rings. The molecular weight excluding hydrogens is 613 g/mol. The second-order valence-corrected chi connectivity index (χ2v) is 24.4. The zero-order valence-corrected chi connectivity index (χ0v) is 36.3. The van der Waals surface area contributed by atoms with E-state index in [0.29, 0.717) is 27.1 Å². The smallest absolute Gasteiger partial charge is 0.0230 e. The van der Waals surface area contributed by atoms with E-state index >= 15 is 0 Å². The first-order valence-corrected chi connectivity index (χ1v) is 24.2. The monoisotopic (exact) mass is 701 g/mol. The van der Waals surface area contributed by atoms with E-state index in [-0.39, 0.29) is 0 Å². The minimum atomic E-state index is 0.479. The van der Waals surface area contributed by atoms with Crippen LogP contribution in [0.3, 0.4) is 0 Å². The molecule has 15 unspecified atom stereocenters. The van der Waals surface area contributed by atoms with Gasteiger partial charge in [-0.1, -0.05) is 128 Å². The number of rotatable bonds is 6. The molecule has 0 amide bonds. The van der Waals surface area contributed by atoms with Gasteiger partial charge in [0.1, 0.15) is 0 Å². The Balaban J connectivity index is 1.22. The molecule has 292 valence electrons.